The molecule has 0 aliphatic carbocycles. The van der Waals surface area contributed by atoms with Crippen LogP contribution in [0, 0.1) is 6.92 Å². The summed E-state index contributed by atoms with van der Waals surface area (Å²) in [6, 6.07) is 11.4. The van der Waals surface area contributed by atoms with Crippen molar-refractivity contribution >= 4 is 17.1 Å². The van der Waals surface area contributed by atoms with Gasteiger partial charge in [0.1, 0.15) is 5.69 Å². The molecule has 0 N–H and O–H groups in total. The molecule has 2 heterocycles. The van der Waals surface area contributed by atoms with E-state index in [9.17, 15) is 4.79 Å². The molecule has 3 aromatic rings. The van der Waals surface area contributed by atoms with Crippen molar-refractivity contribution in [3.05, 3.63) is 64.4 Å². The zero-order valence-corrected chi connectivity index (χ0v) is 11.8. The number of para-hydroxylation sites is 1. The second-order valence-corrected chi connectivity index (χ2v) is 5.48. The van der Waals surface area contributed by atoms with E-state index in [0.717, 1.165) is 16.4 Å². The normalized spacial score (nSPS) is 10.7. The molecule has 0 fully saturated rings. The Labute approximate surface area is 120 Å². The van der Waals surface area contributed by atoms with Crippen molar-refractivity contribution in [2.45, 2.75) is 13.3 Å². The first-order chi connectivity index (χ1) is 9.74. The maximum atomic E-state index is 12.4. The van der Waals surface area contributed by atoms with Gasteiger partial charge in [0.25, 0.3) is 0 Å². The van der Waals surface area contributed by atoms with E-state index in [4.69, 9.17) is 0 Å². The minimum absolute atomic E-state index is 0.0247. The number of benzene rings is 1. The highest BCUT2D eigenvalue weighted by molar-refractivity contribution is 7.09. The van der Waals surface area contributed by atoms with Crippen LogP contribution in [0.5, 0.6) is 0 Å². The Bertz CT molecular complexity index is 730. The van der Waals surface area contributed by atoms with E-state index in [-0.39, 0.29) is 5.78 Å². The number of ketones is 1. The second kappa shape index (κ2) is 5.38. The van der Waals surface area contributed by atoms with E-state index in [0.29, 0.717) is 12.1 Å². The van der Waals surface area contributed by atoms with Crippen LogP contribution in [0.1, 0.15) is 21.2 Å². The molecule has 0 radical (unpaired) electrons. The lowest BCUT2D eigenvalue weighted by atomic mass is 10.2. The van der Waals surface area contributed by atoms with Crippen LogP contribution in [0.25, 0.3) is 5.69 Å². The summed E-state index contributed by atoms with van der Waals surface area (Å²) in [4.78, 5) is 16.7. The summed E-state index contributed by atoms with van der Waals surface area (Å²) in [5.74, 6) is 0.0247. The number of nitrogens with zero attached hydrogens (tertiary/aromatic N) is 3. The summed E-state index contributed by atoms with van der Waals surface area (Å²) in [6.07, 6.45) is 1.95. The van der Waals surface area contributed by atoms with Crippen LogP contribution in [-0.2, 0) is 6.42 Å². The lowest BCUT2D eigenvalue weighted by Crippen LogP contribution is -2.11. The van der Waals surface area contributed by atoms with Gasteiger partial charge >= 0.3 is 0 Å². The predicted octanol–water partition coefficient (Wildman–Crippen LogP) is 3.06. The van der Waals surface area contributed by atoms with Crippen LogP contribution in [0.3, 0.4) is 0 Å². The van der Waals surface area contributed by atoms with Gasteiger partial charge in [0.15, 0.2) is 5.78 Å². The molecule has 20 heavy (non-hydrogen) atoms. The van der Waals surface area contributed by atoms with Crippen molar-refractivity contribution in [1.29, 1.82) is 0 Å². The van der Waals surface area contributed by atoms with Crippen LogP contribution in [-0.4, -0.2) is 20.5 Å². The van der Waals surface area contributed by atoms with Gasteiger partial charge in [-0.15, -0.1) is 11.3 Å². The maximum absolute atomic E-state index is 12.4. The third kappa shape index (κ3) is 2.53. The maximum Gasteiger partial charge on any atom is 0.187 e. The van der Waals surface area contributed by atoms with Crippen molar-refractivity contribution < 1.29 is 4.79 Å². The smallest absolute Gasteiger partial charge is 0.187 e. The van der Waals surface area contributed by atoms with Crippen molar-refractivity contribution in [2.24, 2.45) is 0 Å². The summed E-state index contributed by atoms with van der Waals surface area (Å²) in [7, 11) is 0. The van der Waals surface area contributed by atoms with Crippen LogP contribution in [0.2, 0.25) is 0 Å². The lowest BCUT2D eigenvalue weighted by molar-refractivity contribution is 0.0984. The molecule has 0 aliphatic rings. The fourth-order valence-corrected chi connectivity index (χ4v) is 2.65. The summed E-state index contributed by atoms with van der Waals surface area (Å²) in [6.45, 7) is 1.94. The monoisotopic (exact) mass is 283 g/mol. The molecule has 0 spiro atoms. The fraction of sp³-hybridized carbons (Fsp3) is 0.133. The number of rotatable bonds is 4. The largest absolute Gasteiger partial charge is 0.292 e. The number of hydrogen-bond acceptors (Lipinski definition) is 4. The third-order valence-electron chi connectivity index (χ3n) is 2.94. The van der Waals surface area contributed by atoms with E-state index in [1.165, 1.54) is 0 Å². The molecule has 4 nitrogen and oxygen atoms in total. The summed E-state index contributed by atoms with van der Waals surface area (Å²) >= 11 is 1.56. The van der Waals surface area contributed by atoms with Gasteiger partial charge in [-0.3, -0.25) is 4.79 Å². The molecule has 0 atom stereocenters. The zero-order chi connectivity index (χ0) is 13.9. The standard InChI is InChI=1S/C15H13N3OS/c1-11-17-12(10-20-11)9-15(19)14-7-8-16-18(14)13-5-3-2-4-6-13/h2-8,10H,9H2,1H3. The molecule has 0 saturated carbocycles. The first-order valence-corrected chi connectivity index (χ1v) is 7.15. The quantitative estimate of drug-likeness (QED) is 0.691. The molecule has 0 saturated heterocycles. The number of Topliss-reactive ketones (excluding diaryl/α,β-unsaturated/α-hetero) is 1. The number of carbonyl (C=O) groups is 1. The van der Waals surface area contributed by atoms with Crippen molar-refractivity contribution in [1.82, 2.24) is 14.8 Å². The molecule has 3 rings (SSSR count). The molecule has 1 aromatic carbocycles. The first kappa shape index (κ1) is 12.7. The van der Waals surface area contributed by atoms with Crippen LogP contribution in [0.15, 0.2) is 48.0 Å². The highest BCUT2D eigenvalue weighted by Gasteiger charge is 2.15. The van der Waals surface area contributed by atoms with Crippen LogP contribution < -0.4 is 0 Å². The van der Waals surface area contributed by atoms with Gasteiger partial charge in [0.05, 0.1) is 29.0 Å². The van der Waals surface area contributed by atoms with E-state index in [1.54, 1.807) is 28.3 Å². The Balaban J connectivity index is 1.88. The molecule has 0 unspecified atom stereocenters. The highest BCUT2D eigenvalue weighted by atomic mass is 32.1. The molecular formula is C15H13N3OS. The van der Waals surface area contributed by atoms with Crippen molar-refractivity contribution in [3.8, 4) is 5.69 Å². The first-order valence-electron chi connectivity index (χ1n) is 6.28. The average Bonchev–Trinajstić information content (AvgIpc) is 3.09. The van der Waals surface area contributed by atoms with E-state index in [2.05, 4.69) is 10.1 Å². The Morgan fingerprint density at radius 3 is 2.75 bits per heavy atom. The second-order valence-electron chi connectivity index (χ2n) is 4.42. The van der Waals surface area contributed by atoms with Crippen LogP contribution in [0.4, 0.5) is 0 Å². The van der Waals surface area contributed by atoms with Gasteiger partial charge < -0.3 is 0 Å². The molecule has 0 amide bonds. The SMILES string of the molecule is Cc1nc(CC(=O)c2ccnn2-c2ccccc2)cs1. The Morgan fingerprint density at radius 1 is 1.25 bits per heavy atom. The molecular weight excluding hydrogens is 270 g/mol. The van der Waals surface area contributed by atoms with Gasteiger partial charge in [-0.2, -0.15) is 5.10 Å². The van der Waals surface area contributed by atoms with Crippen molar-refractivity contribution in [2.75, 3.05) is 0 Å². The zero-order valence-electron chi connectivity index (χ0n) is 11.0. The van der Waals surface area contributed by atoms with E-state index < -0.39 is 0 Å². The topological polar surface area (TPSA) is 47.8 Å². The summed E-state index contributed by atoms with van der Waals surface area (Å²) in [5, 5.41) is 7.14. The molecule has 100 valence electrons. The number of thiazole rings is 1. The predicted molar refractivity (Wildman–Crippen MR) is 78.4 cm³/mol. The van der Waals surface area contributed by atoms with E-state index >= 15 is 0 Å². The fourth-order valence-electron chi connectivity index (χ4n) is 2.03. The lowest BCUT2D eigenvalue weighted by Gasteiger charge is -2.05. The Kier molecular flexibility index (Phi) is 3.43. The highest BCUT2D eigenvalue weighted by Crippen LogP contribution is 2.14. The van der Waals surface area contributed by atoms with Crippen molar-refractivity contribution in [3.63, 3.8) is 0 Å². The van der Waals surface area contributed by atoms with Gasteiger partial charge in [0, 0.05) is 5.38 Å². The number of hydrogen-bond donors (Lipinski definition) is 0. The summed E-state index contributed by atoms with van der Waals surface area (Å²) < 4.78 is 1.67. The number of aryl methyl sites for hydroxylation is 1. The number of aromatic nitrogens is 3. The minimum atomic E-state index is 0.0247. The minimum Gasteiger partial charge on any atom is -0.292 e. The van der Waals surface area contributed by atoms with Gasteiger partial charge in [-0.25, -0.2) is 9.67 Å². The Morgan fingerprint density at radius 2 is 2.05 bits per heavy atom. The average molecular weight is 283 g/mol. The van der Waals surface area contributed by atoms with Gasteiger partial charge in [-0.05, 0) is 25.1 Å². The molecule has 0 bridgehead atoms. The molecule has 0 aliphatic heterocycles. The van der Waals surface area contributed by atoms with Crippen LogP contribution >= 0.6 is 11.3 Å². The number of carbonyl (C=O) groups excluding carboxylic acids is 1. The molecule has 2 aromatic heterocycles. The van der Waals surface area contributed by atoms with Gasteiger partial charge in [0.2, 0.25) is 0 Å². The third-order valence-corrected chi connectivity index (χ3v) is 3.76. The Hall–Kier alpha value is -2.27. The van der Waals surface area contributed by atoms with E-state index in [1.807, 2.05) is 42.6 Å². The van der Waals surface area contributed by atoms with Gasteiger partial charge in [-0.1, -0.05) is 18.2 Å². The summed E-state index contributed by atoms with van der Waals surface area (Å²) in [5.41, 5.74) is 2.29. The molecule has 5 heteroatoms.